The van der Waals surface area contributed by atoms with Crippen LogP contribution in [0.1, 0.15) is 65.1 Å². The van der Waals surface area contributed by atoms with Crippen LogP contribution in [0, 0.1) is 0 Å². The molecule has 8 heteroatoms. The number of amides is 3. The molecule has 204 valence electrons. The van der Waals surface area contributed by atoms with Gasteiger partial charge in [-0.25, -0.2) is 14.0 Å². The number of nitrogens with zero attached hydrogens (tertiary/aromatic N) is 1. The van der Waals surface area contributed by atoms with E-state index >= 15 is 0 Å². The number of aliphatic carboxylic acids is 1. The minimum Gasteiger partial charge on any atom is -0.479 e. The van der Waals surface area contributed by atoms with E-state index in [0.717, 1.165) is 16.8 Å². The largest absolute Gasteiger partial charge is 0.479 e. The van der Waals surface area contributed by atoms with Crippen molar-refractivity contribution in [3.05, 3.63) is 101 Å². The number of alkyl halides is 1. The van der Waals surface area contributed by atoms with Gasteiger partial charge in [0.25, 0.3) is 5.91 Å². The summed E-state index contributed by atoms with van der Waals surface area (Å²) in [4.78, 5) is 37.9. The van der Waals surface area contributed by atoms with E-state index in [9.17, 15) is 18.8 Å². The van der Waals surface area contributed by atoms with Gasteiger partial charge in [0, 0.05) is 17.8 Å². The topological polar surface area (TPSA) is 98.7 Å². The van der Waals surface area contributed by atoms with Crippen LogP contribution in [0.25, 0.3) is 0 Å². The molecule has 0 spiro atoms. The zero-order valence-corrected chi connectivity index (χ0v) is 21.8. The van der Waals surface area contributed by atoms with E-state index in [4.69, 9.17) is 5.11 Å². The number of carboxylic acid groups (broad SMARTS) is 1. The molecule has 4 rings (SSSR count). The number of anilines is 1. The maximum Gasteiger partial charge on any atom is 0.340 e. The number of benzene rings is 3. The van der Waals surface area contributed by atoms with Crippen molar-refractivity contribution in [2.45, 2.75) is 57.3 Å². The van der Waals surface area contributed by atoms with E-state index in [1.807, 2.05) is 42.5 Å². The van der Waals surface area contributed by atoms with Crippen molar-refractivity contribution in [1.82, 2.24) is 10.6 Å². The molecule has 1 atom stereocenters. The fourth-order valence-electron chi connectivity index (χ4n) is 4.83. The molecule has 7 nitrogen and oxygen atoms in total. The Bertz CT molecular complexity index is 1240. The number of hydrogen-bond acceptors (Lipinski definition) is 3. The van der Waals surface area contributed by atoms with E-state index in [1.165, 1.54) is 37.7 Å². The lowest BCUT2D eigenvalue weighted by molar-refractivity contribution is -0.142. The van der Waals surface area contributed by atoms with Crippen LogP contribution in [-0.4, -0.2) is 35.7 Å². The van der Waals surface area contributed by atoms with E-state index in [0.29, 0.717) is 12.5 Å². The Morgan fingerprint density at radius 2 is 1.51 bits per heavy atom. The Labute approximate surface area is 228 Å². The summed E-state index contributed by atoms with van der Waals surface area (Å²) in [5, 5.41) is 13.9. The summed E-state index contributed by atoms with van der Waals surface area (Å²) in [5.74, 6) is -1.63. The second-order valence-corrected chi connectivity index (χ2v) is 9.87. The number of halogens is 1. The summed E-state index contributed by atoms with van der Waals surface area (Å²) in [7, 11) is 0. The monoisotopic (exact) mass is 531 g/mol. The van der Waals surface area contributed by atoms with E-state index in [1.54, 1.807) is 29.2 Å². The minimum atomic E-state index is -2.17. The lowest BCUT2D eigenvalue weighted by Gasteiger charge is -2.26. The molecule has 39 heavy (non-hydrogen) atoms. The van der Waals surface area contributed by atoms with Gasteiger partial charge in [0.15, 0.2) is 0 Å². The quantitative estimate of drug-likeness (QED) is 0.308. The number of urea groups is 1. The first-order valence-corrected chi connectivity index (χ1v) is 13.3. The lowest BCUT2D eigenvalue weighted by Crippen LogP contribution is -2.39. The van der Waals surface area contributed by atoms with Crippen LogP contribution in [0.15, 0.2) is 78.9 Å². The fraction of sp³-hybridized carbons (Fsp3) is 0.323. The number of carboxylic acids is 1. The lowest BCUT2D eigenvalue weighted by atomic mass is 9.84. The van der Waals surface area contributed by atoms with Gasteiger partial charge in [-0.2, -0.15) is 0 Å². The number of carbonyl (C=O) groups excluding carboxylic acids is 2. The average Bonchev–Trinajstić information content (AvgIpc) is 2.98. The van der Waals surface area contributed by atoms with Crippen molar-refractivity contribution in [2.75, 3.05) is 11.4 Å². The third-order valence-corrected chi connectivity index (χ3v) is 7.08. The Balaban J connectivity index is 1.47. The Morgan fingerprint density at radius 3 is 2.15 bits per heavy atom. The minimum absolute atomic E-state index is 0.242. The smallest absolute Gasteiger partial charge is 0.340 e. The number of nitrogens with one attached hydrogen (secondary N) is 2. The first kappa shape index (κ1) is 27.8. The molecule has 3 aromatic rings. The Hall–Kier alpha value is -4.20. The van der Waals surface area contributed by atoms with Gasteiger partial charge in [-0.05, 0) is 59.7 Å². The maximum atomic E-state index is 13.4. The van der Waals surface area contributed by atoms with Crippen molar-refractivity contribution in [3.63, 3.8) is 0 Å². The number of carbonyl (C=O) groups is 3. The molecule has 1 aliphatic carbocycles. The second-order valence-electron chi connectivity index (χ2n) is 9.87. The third kappa shape index (κ3) is 7.89. The molecule has 1 fully saturated rings. The van der Waals surface area contributed by atoms with E-state index in [2.05, 4.69) is 22.8 Å². The van der Waals surface area contributed by atoms with Crippen molar-refractivity contribution in [1.29, 1.82) is 0 Å². The van der Waals surface area contributed by atoms with Gasteiger partial charge >= 0.3 is 12.0 Å². The highest BCUT2D eigenvalue weighted by Crippen LogP contribution is 2.33. The van der Waals surface area contributed by atoms with Crippen LogP contribution in [0.2, 0.25) is 0 Å². The highest BCUT2D eigenvalue weighted by Gasteiger charge is 2.20. The van der Waals surface area contributed by atoms with Crippen molar-refractivity contribution in [3.8, 4) is 0 Å². The standard InChI is InChI=1S/C31H34FN3O4/c32-28(30(37)38)20-33-29(36)26-13-11-23(12-14-26)21-35(31(39)34-19-22-7-3-1-4-8-22)27-17-15-25(16-18-27)24-9-5-2-6-10-24/h1,3-4,7-8,11-18,24,28H,2,5-6,9-10,19-21H2,(H,33,36)(H,34,39)(H,37,38). The molecule has 1 unspecified atom stereocenters. The van der Waals surface area contributed by atoms with Crippen molar-refractivity contribution >= 4 is 23.6 Å². The molecule has 1 aliphatic rings. The summed E-state index contributed by atoms with van der Waals surface area (Å²) in [6, 6.07) is 24.3. The predicted octanol–water partition coefficient (Wildman–Crippen LogP) is 5.80. The fourth-order valence-corrected chi connectivity index (χ4v) is 4.83. The normalized spacial score (nSPS) is 14.3. The third-order valence-electron chi connectivity index (χ3n) is 7.08. The zero-order valence-electron chi connectivity index (χ0n) is 21.8. The molecule has 0 radical (unpaired) electrons. The van der Waals surface area contributed by atoms with Gasteiger partial charge in [0.1, 0.15) is 0 Å². The van der Waals surface area contributed by atoms with Gasteiger partial charge in [0.05, 0.1) is 13.1 Å². The van der Waals surface area contributed by atoms with Gasteiger partial charge < -0.3 is 15.7 Å². The van der Waals surface area contributed by atoms with Crippen LogP contribution < -0.4 is 15.5 Å². The molecule has 0 saturated heterocycles. The summed E-state index contributed by atoms with van der Waals surface area (Å²) in [6.45, 7) is 0.0559. The molecule has 3 amide bonds. The van der Waals surface area contributed by atoms with Crippen LogP contribution in [0.3, 0.4) is 0 Å². The van der Waals surface area contributed by atoms with Gasteiger partial charge in [-0.3, -0.25) is 9.69 Å². The average molecular weight is 532 g/mol. The summed E-state index contributed by atoms with van der Waals surface area (Å²) in [5.41, 5.74) is 4.13. The molecule has 0 heterocycles. The molecular formula is C31H34FN3O4. The molecule has 0 bridgehead atoms. The molecule has 3 N–H and O–H groups in total. The number of rotatable bonds is 10. The summed E-state index contributed by atoms with van der Waals surface area (Å²) >= 11 is 0. The van der Waals surface area contributed by atoms with Crippen LogP contribution in [0.4, 0.5) is 14.9 Å². The summed E-state index contributed by atoms with van der Waals surface area (Å²) < 4.78 is 13.3. The SMILES string of the molecule is O=C(NCC(F)C(=O)O)c1ccc(CN(C(=O)NCc2ccccc2)c2ccc(C3CCCCC3)cc2)cc1. The zero-order chi connectivity index (χ0) is 27.6. The van der Waals surface area contributed by atoms with Crippen molar-refractivity contribution < 1.29 is 23.9 Å². The highest BCUT2D eigenvalue weighted by atomic mass is 19.1. The van der Waals surface area contributed by atoms with E-state index in [-0.39, 0.29) is 18.1 Å². The Morgan fingerprint density at radius 1 is 0.846 bits per heavy atom. The van der Waals surface area contributed by atoms with Crippen LogP contribution in [-0.2, 0) is 17.9 Å². The maximum absolute atomic E-state index is 13.4. The van der Waals surface area contributed by atoms with Gasteiger partial charge in [-0.1, -0.05) is 73.9 Å². The van der Waals surface area contributed by atoms with Gasteiger partial charge in [-0.15, -0.1) is 0 Å². The van der Waals surface area contributed by atoms with Crippen LogP contribution >= 0.6 is 0 Å². The molecule has 0 aromatic heterocycles. The van der Waals surface area contributed by atoms with Gasteiger partial charge in [0.2, 0.25) is 6.17 Å². The van der Waals surface area contributed by atoms with E-state index < -0.39 is 24.6 Å². The second kappa shape index (κ2) is 13.6. The first-order valence-electron chi connectivity index (χ1n) is 13.3. The first-order chi connectivity index (χ1) is 18.9. The molecule has 1 saturated carbocycles. The predicted molar refractivity (Wildman–Crippen MR) is 148 cm³/mol. The highest BCUT2D eigenvalue weighted by molar-refractivity contribution is 5.95. The molecule has 3 aromatic carbocycles. The summed E-state index contributed by atoms with van der Waals surface area (Å²) in [6.07, 6.45) is 4.03. The molecule has 0 aliphatic heterocycles. The van der Waals surface area contributed by atoms with Crippen molar-refractivity contribution in [2.24, 2.45) is 0 Å². The number of hydrogen-bond donors (Lipinski definition) is 3. The molecular weight excluding hydrogens is 497 g/mol. The Kier molecular flexibility index (Phi) is 9.67. The van der Waals surface area contributed by atoms with Crippen LogP contribution in [0.5, 0.6) is 0 Å².